The molecule has 0 aliphatic rings. The van der Waals surface area contributed by atoms with Crippen LogP contribution in [0.15, 0.2) is 24.3 Å². The van der Waals surface area contributed by atoms with Crippen LogP contribution in [0, 0.1) is 6.92 Å². The first-order valence-corrected chi connectivity index (χ1v) is 8.12. The summed E-state index contributed by atoms with van der Waals surface area (Å²) in [5.74, 6) is 0. The Hall–Kier alpha value is 0.285. The Kier molecular flexibility index (Phi) is 12.9. The van der Waals surface area contributed by atoms with Gasteiger partial charge in [0.05, 0.1) is 0 Å². The Bertz CT molecular complexity index is 242. The van der Waals surface area contributed by atoms with Crippen LogP contribution in [0.3, 0.4) is 0 Å². The molecule has 0 atom stereocenters. The predicted octanol–water partition coefficient (Wildman–Crippen LogP) is 4.17. The molecule has 1 rings (SSSR count). The van der Waals surface area contributed by atoms with Crippen molar-refractivity contribution in [2.45, 2.75) is 57.7 Å². The van der Waals surface area contributed by atoms with Crippen LogP contribution in [-0.2, 0) is 0 Å². The largest absolute Gasteiger partial charge is 1.00 e. The zero-order valence-electron chi connectivity index (χ0n) is 15.4. The van der Waals surface area contributed by atoms with Crippen molar-refractivity contribution in [3.05, 3.63) is 29.8 Å². The SMILES string of the molecule is CCCCCCC[CH2][Al+2].Cc1cc[c]([Al+2])cc1.[H-].[H-].[H-].[H-]. The van der Waals surface area contributed by atoms with E-state index >= 15 is 0 Å². The quantitative estimate of drug-likeness (QED) is 0.533. The first-order valence-electron chi connectivity index (χ1n) is 6.73. The van der Waals surface area contributed by atoms with Crippen molar-refractivity contribution in [2.24, 2.45) is 0 Å². The molecule has 0 aliphatic carbocycles. The molecule has 0 unspecified atom stereocenters. The molecule has 17 heavy (non-hydrogen) atoms. The standard InChI is InChI=1S/C8H17.C7H7.2Al.4H/c1-3-5-7-8-6-4-2;1-7-5-3-2-4-6-7;;;;;;/h1,3-8H2,2H3;3-6H,1H3;;;;;;/q;;2*+2;4*-1. The van der Waals surface area contributed by atoms with Gasteiger partial charge in [0.1, 0.15) is 0 Å². The monoisotopic (exact) mass is 262 g/mol. The van der Waals surface area contributed by atoms with Crippen molar-refractivity contribution in [3.8, 4) is 0 Å². The summed E-state index contributed by atoms with van der Waals surface area (Å²) in [6.07, 6.45) is 8.51. The molecule has 1 aromatic rings. The third-order valence-corrected chi connectivity index (χ3v) is 3.43. The molecule has 0 nitrogen and oxygen atoms in total. The Balaban J connectivity index is -0.0000000684. The summed E-state index contributed by atoms with van der Waals surface area (Å²) < 4.78 is 1.25. The number of hydrogen-bond acceptors (Lipinski definition) is 0. The first kappa shape index (κ1) is 17.3. The van der Waals surface area contributed by atoms with Gasteiger partial charge in [0.2, 0.25) is 0 Å². The smallest absolute Gasteiger partial charge is 1.00 e. The summed E-state index contributed by atoms with van der Waals surface area (Å²) in [6.45, 7) is 4.35. The second-order valence-electron chi connectivity index (χ2n) is 4.47. The molecular weight excluding hydrogens is 234 g/mol. The van der Waals surface area contributed by atoms with Crippen LogP contribution in [0.4, 0.5) is 0 Å². The number of rotatable bonds is 6. The van der Waals surface area contributed by atoms with E-state index in [1.807, 2.05) is 0 Å². The maximum Gasteiger partial charge on any atom is -1.00 e. The second kappa shape index (κ2) is 12.7. The van der Waals surface area contributed by atoms with Crippen LogP contribution >= 0.6 is 0 Å². The molecule has 0 saturated carbocycles. The molecule has 94 valence electrons. The van der Waals surface area contributed by atoms with Crippen molar-refractivity contribution >= 4 is 37.0 Å². The summed E-state index contributed by atoms with van der Waals surface area (Å²) in [7, 11) is 0. The molecule has 0 spiro atoms. The van der Waals surface area contributed by atoms with Gasteiger partial charge in [0.15, 0.2) is 0 Å². The predicted molar refractivity (Wildman–Crippen MR) is 85.0 cm³/mol. The molecule has 0 amide bonds. The van der Waals surface area contributed by atoms with Gasteiger partial charge in [-0.3, -0.25) is 0 Å². The molecule has 0 saturated heterocycles. The van der Waals surface area contributed by atoms with E-state index in [4.69, 9.17) is 0 Å². The van der Waals surface area contributed by atoms with Gasteiger partial charge in [-0.1, -0.05) is 0 Å². The fraction of sp³-hybridized carbons (Fsp3) is 0.600. The summed E-state index contributed by atoms with van der Waals surface area (Å²) in [6, 6.07) is 8.37. The van der Waals surface area contributed by atoms with Gasteiger partial charge in [-0.25, -0.2) is 0 Å². The Morgan fingerprint density at radius 2 is 1.47 bits per heavy atom. The van der Waals surface area contributed by atoms with Crippen molar-refractivity contribution in [1.82, 2.24) is 0 Å². The molecule has 1 aromatic carbocycles. The Morgan fingerprint density at radius 3 is 1.94 bits per heavy atom. The van der Waals surface area contributed by atoms with Crippen LogP contribution in [0.1, 0.15) is 56.7 Å². The molecule has 0 bridgehead atoms. The first-order chi connectivity index (χ1) is 8.20. The number of hydrogen-bond donors (Lipinski definition) is 0. The fourth-order valence-corrected chi connectivity index (χ4v) is 1.97. The zero-order valence-corrected chi connectivity index (χ0v) is 13.7. The van der Waals surface area contributed by atoms with Crippen LogP contribution in [-0.4, -0.2) is 32.6 Å². The van der Waals surface area contributed by atoms with E-state index in [0.29, 0.717) is 0 Å². The van der Waals surface area contributed by atoms with E-state index in [-0.39, 0.29) is 5.71 Å². The number of benzene rings is 1. The molecular formula is C15H28Al2. The van der Waals surface area contributed by atoms with Gasteiger partial charge in [-0.15, -0.1) is 0 Å². The summed E-state index contributed by atoms with van der Waals surface area (Å²) in [5, 5.41) is 1.28. The van der Waals surface area contributed by atoms with Crippen LogP contribution in [0.5, 0.6) is 0 Å². The Morgan fingerprint density at radius 1 is 0.941 bits per heavy atom. The topological polar surface area (TPSA) is 0 Å². The normalized spacial score (nSPS) is 9.76. The van der Waals surface area contributed by atoms with Gasteiger partial charge < -0.3 is 5.71 Å². The number of aryl methyl sites for hydroxylation is 1. The van der Waals surface area contributed by atoms with Crippen LogP contribution in [0.25, 0.3) is 0 Å². The zero-order chi connectivity index (χ0) is 12.9. The Labute approximate surface area is 130 Å². The molecule has 0 aromatic heterocycles. The summed E-state index contributed by atoms with van der Waals surface area (Å²) in [4.78, 5) is 0. The van der Waals surface area contributed by atoms with Gasteiger partial charge in [0, 0.05) is 0 Å². The average Bonchev–Trinajstić information content (AvgIpc) is 2.34. The summed E-state index contributed by atoms with van der Waals surface area (Å²) >= 11 is 5.43. The minimum atomic E-state index is 0. The van der Waals surface area contributed by atoms with Crippen molar-refractivity contribution in [3.63, 3.8) is 0 Å². The van der Waals surface area contributed by atoms with Crippen molar-refractivity contribution < 1.29 is 5.71 Å². The second-order valence-corrected chi connectivity index (χ2v) is 5.71. The van der Waals surface area contributed by atoms with Gasteiger partial charge in [0.25, 0.3) is 0 Å². The molecule has 2 heteroatoms. The fourth-order valence-electron chi connectivity index (χ4n) is 1.49. The maximum atomic E-state index is 2.78. The minimum Gasteiger partial charge on any atom is -1.00 e. The number of unbranched alkanes of at least 4 members (excludes halogenated alkanes) is 5. The van der Waals surface area contributed by atoms with E-state index in [1.54, 1.807) is 0 Å². The van der Waals surface area contributed by atoms with Crippen molar-refractivity contribution in [2.75, 3.05) is 0 Å². The van der Waals surface area contributed by atoms with E-state index in [0.717, 1.165) is 0 Å². The average molecular weight is 262 g/mol. The van der Waals surface area contributed by atoms with Gasteiger partial charge in [-0.2, -0.15) is 0 Å². The molecule has 0 N–H and O–H groups in total. The van der Waals surface area contributed by atoms with E-state index in [9.17, 15) is 0 Å². The van der Waals surface area contributed by atoms with Crippen LogP contribution < -0.4 is 4.43 Å². The molecule has 0 fully saturated rings. The summed E-state index contributed by atoms with van der Waals surface area (Å²) in [5.41, 5.74) is 1.32. The van der Waals surface area contributed by atoms with E-state index < -0.39 is 0 Å². The molecule has 0 radical (unpaired) electrons. The molecule has 0 aliphatic heterocycles. The van der Waals surface area contributed by atoms with Gasteiger partial charge in [-0.05, 0) is 0 Å². The van der Waals surface area contributed by atoms with Crippen LogP contribution in [0.2, 0.25) is 5.28 Å². The van der Waals surface area contributed by atoms with E-state index in [1.165, 1.54) is 53.8 Å². The molecule has 0 heterocycles. The third kappa shape index (κ3) is 12.5. The third-order valence-electron chi connectivity index (χ3n) is 2.64. The van der Waals surface area contributed by atoms with E-state index in [2.05, 4.69) is 70.7 Å². The minimum absolute atomic E-state index is 0. The van der Waals surface area contributed by atoms with Gasteiger partial charge >= 0.3 is 124 Å². The maximum absolute atomic E-state index is 2.78. The van der Waals surface area contributed by atoms with Crippen molar-refractivity contribution in [1.29, 1.82) is 0 Å².